The topological polar surface area (TPSA) is 52.2 Å². The zero-order chi connectivity index (χ0) is 17.2. The molecule has 0 atom stereocenters. The highest BCUT2D eigenvalue weighted by atomic mass is 32.1. The Morgan fingerprint density at radius 2 is 2.04 bits per heavy atom. The van der Waals surface area contributed by atoms with E-state index in [1.54, 1.807) is 11.3 Å². The third kappa shape index (κ3) is 3.60. The zero-order valence-corrected chi connectivity index (χ0v) is 15.2. The maximum Gasteiger partial charge on any atom is 0.227 e. The molecule has 0 radical (unpaired) electrons. The van der Waals surface area contributed by atoms with Crippen molar-refractivity contribution in [3.05, 3.63) is 52.1 Å². The quantitative estimate of drug-likeness (QED) is 0.784. The van der Waals surface area contributed by atoms with Crippen molar-refractivity contribution in [2.24, 2.45) is 0 Å². The average molecular weight is 354 g/mol. The Kier molecular flexibility index (Phi) is 4.55. The van der Waals surface area contributed by atoms with Crippen LogP contribution in [0.15, 0.2) is 35.8 Å². The van der Waals surface area contributed by atoms with Crippen LogP contribution in [0.1, 0.15) is 16.3 Å². The number of nitrogens with one attached hydrogen (secondary N) is 1. The second kappa shape index (κ2) is 6.98. The minimum absolute atomic E-state index is 0.217. The number of benzene rings is 1. The Morgan fingerprint density at radius 3 is 2.80 bits per heavy atom. The summed E-state index contributed by atoms with van der Waals surface area (Å²) in [7, 11) is 0. The Hall–Kier alpha value is -2.18. The summed E-state index contributed by atoms with van der Waals surface area (Å²) in [4.78, 5) is 24.8. The van der Waals surface area contributed by atoms with Gasteiger partial charge in [-0.05, 0) is 18.6 Å². The number of carbonyl (C=O) groups is 1. The maximum absolute atomic E-state index is 12.7. The van der Waals surface area contributed by atoms with Gasteiger partial charge in [0.05, 0.1) is 17.1 Å². The molecule has 5 nitrogen and oxygen atoms in total. The fraction of sp³-hybridized carbons (Fsp3) is 0.368. The first-order chi connectivity index (χ1) is 12.2. The van der Waals surface area contributed by atoms with Crippen molar-refractivity contribution in [2.75, 3.05) is 26.2 Å². The molecular formula is C19H22N4OS. The molecule has 1 aliphatic heterocycles. The summed E-state index contributed by atoms with van der Waals surface area (Å²) in [6.07, 6.45) is 2.43. The van der Waals surface area contributed by atoms with Crippen LogP contribution in [0, 0.1) is 6.92 Å². The summed E-state index contributed by atoms with van der Waals surface area (Å²) in [6, 6.07) is 8.14. The fourth-order valence-electron chi connectivity index (χ4n) is 3.42. The molecule has 1 N–H and O–H groups in total. The largest absolute Gasteiger partial charge is 0.361 e. The van der Waals surface area contributed by atoms with Crippen LogP contribution in [0.4, 0.5) is 0 Å². The van der Waals surface area contributed by atoms with E-state index in [-0.39, 0.29) is 5.91 Å². The molecule has 3 heterocycles. The van der Waals surface area contributed by atoms with Gasteiger partial charge < -0.3 is 9.88 Å². The summed E-state index contributed by atoms with van der Waals surface area (Å²) in [5.74, 6) is 0.217. The number of piperazine rings is 1. The van der Waals surface area contributed by atoms with Crippen molar-refractivity contribution in [1.82, 2.24) is 19.8 Å². The number of thiazole rings is 1. The average Bonchev–Trinajstić information content (AvgIpc) is 3.22. The van der Waals surface area contributed by atoms with Gasteiger partial charge in [0.25, 0.3) is 0 Å². The number of amides is 1. The molecule has 25 heavy (non-hydrogen) atoms. The molecular weight excluding hydrogens is 332 g/mol. The Morgan fingerprint density at radius 1 is 1.24 bits per heavy atom. The Balaban J connectivity index is 1.33. The van der Waals surface area contributed by atoms with Crippen LogP contribution in [-0.4, -0.2) is 51.9 Å². The summed E-state index contributed by atoms with van der Waals surface area (Å²) in [5.41, 5.74) is 3.32. The van der Waals surface area contributed by atoms with Gasteiger partial charge in [-0.2, -0.15) is 0 Å². The monoisotopic (exact) mass is 354 g/mol. The normalized spacial score (nSPS) is 15.8. The van der Waals surface area contributed by atoms with Crippen molar-refractivity contribution in [3.8, 4) is 0 Å². The van der Waals surface area contributed by atoms with Gasteiger partial charge in [-0.15, -0.1) is 11.3 Å². The van der Waals surface area contributed by atoms with E-state index in [1.807, 2.05) is 36.2 Å². The van der Waals surface area contributed by atoms with Gasteiger partial charge in [0, 0.05) is 55.2 Å². The SMILES string of the molecule is Cc1nc(CN2CCN(C(=O)Cc3c[nH]c4ccccc34)CC2)cs1. The van der Waals surface area contributed by atoms with Crippen LogP contribution in [0.3, 0.4) is 0 Å². The molecule has 0 aliphatic carbocycles. The highest BCUT2D eigenvalue weighted by Crippen LogP contribution is 2.19. The highest BCUT2D eigenvalue weighted by Gasteiger charge is 2.22. The molecule has 0 bridgehead atoms. The Labute approximate surface area is 151 Å². The van der Waals surface area contributed by atoms with Crippen LogP contribution in [0.2, 0.25) is 0 Å². The molecule has 1 amide bonds. The third-order valence-electron chi connectivity index (χ3n) is 4.79. The van der Waals surface area contributed by atoms with Gasteiger partial charge in [0.2, 0.25) is 5.91 Å². The summed E-state index contributed by atoms with van der Waals surface area (Å²) in [6.45, 7) is 6.34. The first-order valence-electron chi connectivity index (χ1n) is 8.65. The standard InChI is InChI=1S/C19H22N4OS/c1-14-21-16(13-25-14)12-22-6-8-23(9-7-22)19(24)10-15-11-20-18-5-3-2-4-17(15)18/h2-5,11,13,20H,6-10,12H2,1H3. The number of para-hydroxylation sites is 1. The molecule has 130 valence electrons. The van der Waals surface area contributed by atoms with Gasteiger partial charge in [-0.1, -0.05) is 18.2 Å². The number of hydrogen-bond acceptors (Lipinski definition) is 4. The number of rotatable bonds is 4. The zero-order valence-electron chi connectivity index (χ0n) is 14.4. The van der Waals surface area contributed by atoms with Gasteiger partial charge in [-0.3, -0.25) is 9.69 Å². The minimum Gasteiger partial charge on any atom is -0.361 e. The molecule has 6 heteroatoms. The van der Waals surface area contributed by atoms with Gasteiger partial charge in [0.15, 0.2) is 0 Å². The predicted octanol–water partition coefficient (Wildman–Crippen LogP) is 2.82. The van der Waals surface area contributed by atoms with Crippen molar-refractivity contribution in [1.29, 1.82) is 0 Å². The van der Waals surface area contributed by atoms with E-state index in [2.05, 4.69) is 26.3 Å². The van der Waals surface area contributed by atoms with E-state index in [4.69, 9.17) is 0 Å². The lowest BCUT2D eigenvalue weighted by molar-refractivity contribution is -0.132. The lowest BCUT2D eigenvalue weighted by Crippen LogP contribution is -2.48. The molecule has 2 aromatic heterocycles. The van der Waals surface area contributed by atoms with E-state index < -0.39 is 0 Å². The van der Waals surface area contributed by atoms with Gasteiger partial charge in [-0.25, -0.2) is 4.98 Å². The van der Waals surface area contributed by atoms with Crippen LogP contribution >= 0.6 is 11.3 Å². The molecule has 1 saturated heterocycles. The summed E-state index contributed by atoms with van der Waals surface area (Å²) < 4.78 is 0. The number of aromatic nitrogens is 2. The summed E-state index contributed by atoms with van der Waals surface area (Å²) >= 11 is 1.70. The first kappa shape index (κ1) is 16.3. The number of fused-ring (bicyclic) bond motifs is 1. The number of aryl methyl sites for hydroxylation is 1. The molecule has 3 aromatic rings. The molecule has 0 spiro atoms. The van der Waals surface area contributed by atoms with Crippen molar-refractivity contribution in [2.45, 2.75) is 19.9 Å². The lowest BCUT2D eigenvalue weighted by atomic mass is 10.1. The third-order valence-corrected chi connectivity index (χ3v) is 5.62. The van der Waals surface area contributed by atoms with Crippen molar-refractivity contribution < 1.29 is 4.79 Å². The number of nitrogens with zero attached hydrogens (tertiary/aromatic N) is 3. The van der Waals surface area contributed by atoms with E-state index in [0.717, 1.165) is 59.9 Å². The minimum atomic E-state index is 0.217. The smallest absolute Gasteiger partial charge is 0.227 e. The van der Waals surface area contributed by atoms with E-state index in [1.165, 1.54) is 0 Å². The Bertz CT molecular complexity index is 876. The van der Waals surface area contributed by atoms with Gasteiger partial charge >= 0.3 is 0 Å². The molecule has 1 aromatic carbocycles. The van der Waals surface area contributed by atoms with Crippen LogP contribution in [0.5, 0.6) is 0 Å². The number of hydrogen-bond donors (Lipinski definition) is 1. The second-order valence-electron chi connectivity index (χ2n) is 6.55. The number of carbonyl (C=O) groups excluding carboxylic acids is 1. The summed E-state index contributed by atoms with van der Waals surface area (Å²) in [5, 5.41) is 4.39. The van der Waals surface area contributed by atoms with E-state index in [0.29, 0.717) is 6.42 Å². The molecule has 4 rings (SSSR count). The maximum atomic E-state index is 12.7. The molecule has 0 saturated carbocycles. The highest BCUT2D eigenvalue weighted by molar-refractivity contribution is 7.09. The van der Waals surface area contributed by atoms with Crippen LogP contribution in [-0.2, 0) is 17.8 Å². The van der Waals surface area contributed by atoms with E-state index in [9.17, 15) is 4.79 Å². The molecule has 1 aliphatic rings. The lowest BCUT2D eigenvalue weighted by Gasteiger charge is -2.34. The first-order valence-corrected chi connectivity index (χ1v) is 9.53. The molecule has 1 fully saturated rings. The van der Waals surface area contributed by atoms with Crippen LogP contribution < -0.4 is 0 Å². The second-order valence-corrected chi connectivity index (χ2v) is 7.61. The van der Waals surface area contributed by atoms with Crippen molar-refractivity contribution in [3.63, 3.8) is 0 Å². The van der Waals surface area contributed by atoms with E-state index >= 15 is 0 Å². The number of aromatic amines is 1. The van der Waals surface area contributed by atoms with Gasteiger partial charge in [0.1, 0.15) is 0 Å². The molecule has 0 unspecified atom stereocenters. The predicted molar refractivity (Wildman–Crippen MR) is 101 cm³/mol. The van der Waals surface area contributed by atoms with Crippen molar-refractivity contribution >= 4 is 28.1 Å². The number of H-pyrrole nitrogens is 1. The fourth-order valence-corrected chi connectivity index (χ4v) is 4.02. The van der Waals surface area contributed by atoms with Crippen LogP contribution in [0.25, 0.3) is 10.9 Å².